The van der Waals surface area contributed by atoms with Gasteiger partial charge in [-0.25, -0.2) is 4.68 Å². The number of pyridine rings is 1. The fourth-order valence-electron chi connectivity index (χ4n) is 2.46. The minimum atomic E-state index is -0.467. The second-order valence-electron chi connectivity index (χ2n) is 5.35. The lowest BCUT2D eigenvalue weighted by atomic mass is 10.1. The van der Waals surface area contributed by atoms with Crippen LogP contribution in [0, 0.1) is 10.1 Å². The summed E-state index contributed by atoms with van der Waals surface area (Å²) in [5.74, 6) is 0. The first-order chi connectivity index (χ1) is 11.6. The third kappa shape index (κ3) is 3.28. The number of aromatic nitrogens is 3. The van der Waals surface area contributed by atoms with Gasteiger partial charge in [0, 0.05) is 41.3 Å². The lowest BCUT2D eigenvalue weighted by Crippen LogP contribution is -1.97. The van der Waals surface area contributed by atoms with Crippen molar-refractivity contribution in [1.82, 2.24) is 14.8 Å². The summed E-state index contributed by atoms with van der Waals surface area (Å²) in [5, 5.41) is 15.5. The fourth-order valence-corrected chi connectivity index (χ4v) is 2.74. The van der Waals surface area contributed by atoms with Crippen LogP contribution in [0.5, 0.6) is 0 Å². The Labute approximate surface area is 143 Å². The third-order valence-electron chi connectivity index (χ3n) is 3.63. The van der Waals surface area contributed by atoms with Gasteiger partial charge >= 0.3 is 0 Å². The standard InChI is InChI=1S/C17H15ClN4O2/c1-2-3-13-8-14(6-7-19-13)21-11-12(10-20-21)16-5-4-15(22(23)24)9-17(16)18/h4-11H,2-3H2,1H3. The molecule has 7 heteroatoms. The number of nitro groups is 1. The van der Waals surface area contributed by atoms with E-state index in [9.17, 15) is 10.1 Å². The van der Waals surface area contributed by atoms with Crippen LogP contribution in [0.15, 0.2) is 48.9 Å². The average Bonchev–Trinajstić information content (AvgIpc) is 3.05. The Balaban J connectivity index is 1.93. The minimum Gasteiger partial charge on any atom is -0.261 e. The Morgan fingerprint density at radius 3 is 2.83 bits per heavy atom. The van der Waals surface area contributed by atoms with Crippen molar-refractivity contribution in [2.24, 2.45) is 0 Å². The van der Waals surface area contributed by atoms with Crippen molar-refractivity contribution in [2.45, 2.75) is 19.8 Å². The molecule has 0 atom stereocenters. The molecule has 0 bridgehead atoms. The Morgan fingerprint density at radius 1 is 1.29 bits per heavy atom. The first kappa shape index (κ1) is 16.1. The molecule has 122 valence electrons. The summed E-state index contributed by atoms with van der Waals surface area (Å²) in [6, 6.07) is 8.30. The highest BCUT2D eigenvalue weighted by molar-refractivity contribution is 6.33. The van der Waals surface area contributed by atoms with Gasteiger partial charge < -0.3 is 0 Å². The maximum absolute atomic E-state index is 10.8. The zero-order valence-electron chi connectivity index (χ0n) is 13.0. The molecule has 0 amide bonds. The lowest BCUT2D eigenvalue weighted by Gasteiger charge is -2.04. The summed E-state index contributed by atoms with van der Waals surface area (Å²) in [6.07, 6.45) is 7.24. The molecule has 6 nitrogen and oxygen atoms in total. The molecular weight excluding hydrogens is 328 g/mol. The van der Waals surface area contributed by atoms with E-state index in [1.54, 1.807) is 23.1 Å². The molecule has 0 aliphatic heterocycles. The summed E-state index contributed by atoms with van der Waals surface area (Å²) in [7, 11) is 0. The summed E-state index contributed by atoms with van der Waals surface area (Å²) < 4.78 is 1.74. The number of benzene rings is 1. The number of hydrogen-bond acceptors (Lipinski definition) is 4. The average molecular weight is 343 g/mol. The van der Waals surface area contributed by atoms with Crippen LogP contribution in [0.3, 0.4) is 0 Å². The second-order valence-corrected chi connectivity index (χ2v) is 5.76. The van der Waals surface area contributed by atoms with Gasteiger partial charge in [-0.15, -0.1) is 0 Å². The van der Waals surface area contributed by atoms with Crippen molar-refractivity contribution >= 4 is 17.3 Å². The first-order valence-corrected chi connectivity index (χ1v) is 7.90. The van der Waals surface area contributed by atoms with E-state index in [0.717, 1.165) is 29.8 Å². The van der Waals surface area contributed by atoms with Crippen LogP contribution >= 0.6 is 11.6 Å². The highest BCUT2D eigenvalue weighted by Crippen LogP contribution is 2.31. The van der Waals surface area contributed by atoms with Crippen molar-refractivity contribution in [3.05, 3.63) is 69.8 Å². The van der Waals surface area contributed by atoms with E-state index >= 15 is 0 Å². The molecule has 3 aromatic rings. The molecule has 24 heavy (non-hydrogen) atoms. The molecule has 0 saturated carbocycles. The molecule has 0 aliphatic carbocycles. The van der Waals surface area contributed by atoms with Crippen LogP contribution in [0.25, 0.3) is 16.8 Å². The number of nitrogens with zero attached hydrogens (tertiary/aromatic N) is 4. The lowest BCUT2D eigenvalue weighted by molar-refractivity contribution is -0.384. The molecule has 0 radical (unpaired) electrons. The summed E-state index contributed by atoms with van der Waals surface area (Å²) in [4.78, 5) is 14.7. The third-order valence-corrected chi connectivity index (χ3v) is 3.94. The van der Waals surface area contributed by atoms with E-state index in [0.29, 0.717) is 10.6 Å². The van der Waals surface area contributed by atoms with Crippen LogP contribution in [0.2, 0.25) is 5.02 Å². The Morgan fingerprint density at radius 2 is 2.12 bits per heavy atom. The van der Waals surface area contributed by atoms with Crippen molar-refractivity contribution in [1.29, 1.82) is 0 Å². The van der Waals surface area contributed by atoms with Crippen molar-refractivity contribution < 1.29 is 4.92 Å². The Kier molecular flexibility index (Phi) is 4.57. The van der Waals surface area contributed by atoms with Gasteiger partial charge in [-0.3, -0.25) is 15.1 Å². The predicted molar refractivity (Wildman–Crippen MR) is 92.5 cm³/mol. The van der Waals surface area contributed by atoms with Crippen molar-refractivity contribution in [2.75, 3.05) is 0 Å². The van der Waals surface area contributed by atoms with Crippen molar-refractivity contribution in [3.8, 4) is 16.8 Å². The maximum atomic E-state index is 10.8. The molecule has 3 rings (SSSR count). The van der Waals surface area contributed by atoms with Gasteiger partial charge in [0.2, 0.25) is 0 Å². The van der Waals surface area contributed by atoms with Crippen LogP contribution in [-0.2, 0) is 6.42 Å². The topological polar surface area (TPSA) is 73.8 Å². The van der Waals surface area contributed by atoms with Crippen LogP contribution in [0.4, 0.5) is 5.69 Å². The summed E-state index contributed by atoms with van der Waals surface area (Å²) in [5.41, 5.74) is 3.40. The zero-order valence-corrected chi connectivity index (χ0v) is 13.8. The van der Waals surface area contributed by atoms with Gasteiger partial charge in [0.15, 0.2) is 0 Å². The highest BCUT2D eigenvalue weighted by Gasteiger charge is 2.12. The van der Waals surface area contributed by atoms with Gasteiger partial charge in [0.25, 0.3) is 5.69 Å². The zero-order chi connectivity index (χ0) is 17.1. The van der Waals surface area contributed by atoms with Gasteiger partial charge in [-0.1, -0.05) is 24.9 Å². The molecule has 0 saturated heterocycles. The molecule has 1 aromatic carbocycles. The maximum Gasteiger partial charge on any atom is 0.270 e. The number of halogens is 1. The van der Waals surface area contributed by atoms with E-state index in [4.69, 9.17) is 11.6 Å². The number of non-ortho nitro benzene ring substituents is 1. The monoisotopic (exact) mass is 342 g/mol. The smallest absolute Gasteiger partial charge is 0.261 e. The van der Waals surface area contributed by atoms with Crippen LogP contribution < -0.4 is 0 Å². The molecular formula is C17H15ClN4O2. The highest BCUT2D eigenvalue weighted by atomic mass is 35.5. The second kappa shape index (κ2) is 6.80. The molecule has 0 spiro atoms. The largest absolute Gasteiger partial charge is 0.270 e. The van der Waals surface area contributed by atoms with E-state index in [1.165, 1.54) is 12.1 Å². The SMILES string of the molecule is CCCc1cc(-n2cc(-c3ccc([N+](=O)[O-])cc3Cl)cn2)ccn1. The van der Waals surface area contributed by atoms with Crippen LogP contribution in [-0.4, -0.2) is 19.7 Å². The number of nitro benzene ring substituents is 1. The summed E-state index contributed by atoms with van der Waals surface area (Å²) in [6.45, 7) is 2.11. The fraction of sp³-hybridized carbons (Fsp3) is 0.176. The van der Waals surface area contributed by atoms with E-state index in [2.05, 4.69) is 17.0 Å². The van der Waals surface area contributed by atoms with E-state index < -0.39 is 4.92 Å². The molecule has 0 N–H and O–H groups in total. The normalized spacial score (nSPS) is 10.8. The van der Waals surface area contributed by atoms with E-state index in [-0.39, 0.29) is 5.69 Å². The Bertz CT molecular complexity index is 892. The molecule has 0 unspecified atom stereocenters. The molecule has 2 heterocycles. The van der Waals surface area contributed by atoms with Crippen molar-refractivity contribution in [3.63, 3.8) is 0 Å². The summed E-state index contributed by atoms with van der Waals surface area (Å²) >= 11 is 6.18. The molecule has 0 aliphatic rings. The number of hydrogen-bond donors (Lipinski definition) is 0. The van der Waals surface area contributed by atoms with Gasteiger partial charge in [0.05, 0.1) is 21.8 Å². The molecule has 2 aromatic heterocycles. The number of rotatable bonds is 5. The minimum absolute atomic E-state index is 0.0329. The number of aryl methyl sites for hydroxylation is 1. The molecule has 0 fully saturated rings. The first-order valence-electron chi connectivity index (χ1n) is 7.52. The van der Waals surface area contributed by atoms with Gasteiger partial charge in [0.1, 0.15) is 0 Å². The van der Waals surface area contributed by atoms with Gasteiger partial charge in [-0.2, -0.15) is 5.10 Å². The quantitative estimate of drug-likeness (QED) is 0.507. The Hall–Kier alpha value is -2.73. The van der Waals surface area contributed by atoms with Crippen LogP contribution in [0.1, 0.15) is 19.0 Å². The van der Waals surface area contributed by atoms with Gasteiger partial charge in [-0.05, 0) is 24.6 Å². The predicted octanol–water partition coefficient (Wildman–Crippen LogP) is 4.45. The van der Waals surface area contributed by atoms with E-state index in [1.807, 2.05) is 18.3 Å².